The summed E-state index contributed by atoms with van der Waals surface area (Å²) in [5.41, 5.74) is 0.0876. The molecule has 0 heterocycles. The Kier molecular flexibility index (Phi) is 8.81. The van der Waals surface area contributed by atoms with Gasteiger partial charge in [0.2, 0.25) is 0 Å². The molecule has 2 atom stereocenters. The minimum Gasteiger partial charge on any atom is -0.491 e. The highest BCUT2D eigenvalue weighted by molar-refractivity contribution is 5.68. The third-order valence-corrected chi connectivity index (χ3v) is 3.57. The lowest BCUT2D eigenvalue weighted by atomic mass is 10.1. The Bertz CT molecular complexity index is 571. The van der Waals surface area contributed by atoms with Gasteiger partial charge in [-0.05, 0) is 52.3 Å². The van der Waals surface area contributed by atoms with E-state index >= 15 is 0 Å². The van der Waals surface area contributed by atoms with E-state index in [4.69, 9.17) is 9.47 Å². The van der Waals surface area contributed by atoms with E-state index in [-0.39, 0.29) is 31.1 Å². The van der Waals surface area contributed by atoms with E-state index in [0.717, 1.165) is 6.42 Å². The van der Waals surface area contributed by atoms with E-state index in [0.29, 0.717) is 17.9 Å². The summed E-state index contributed by atoms with van der Waals surface area (Å²) in [6, 6.07) is 3.95. The second-order valence-electron chi connectivity index (χ2n) is 7.28. The average molecular weight is 370 g/mol. The Morgan fingerprint density at radius 1 is 1.35 bits per heavy atom. The summed E-state index contributed by atoms with van der Waals surface area (Å²) >= 11 is 0. The fraction of sp³-hybridized carbons (Fsp3) is 0.632. The highest BCUT2D eigenvalue weighted by Gasteiger charge is 2.18. The van der Waals surface area contributed by atoms with Gasteiger partial charge in [-0.25, -0.2) is 9.18 Å². The number of hydrogen-bond donors (Lipinski definition) is 3. The molecule has 0 aliphatic heterocycles. The molecule has 0 saturated heterocycles. The van der Waals surface area contributed by atoms with Crippen LogP contribution in [0.15, 0.2) is 18.2 Å². The van der Waals surface area contributed by atoms with Crippen molar-refractivity contribution in [2.75, 3.05) is 13.2 Å². The number of carbonyl (C=O) groups is 1. The van der Waals surface area contributed by atoms with Gasteiger partial charge in [0.15, 0.2) is 0 Å². The molecule has 26 heavy (non-hydrogen) atoms. The third-order valence-electron chi connectivity index (χ3n) is 3.57. The summed E-state index contributed by atoms with van der Waals surface area (Å²) in [6.45, 7) is 9.74. The number of halogens is 1. The lowest BCUT2D eigenvalue weighted by molar-refractivity contribution is 0.0494. The van der Waals surface area contributed by atoms with Crippen molar-refractivity contribution in [2.45, 2.75) is 65.3 Å². The molecule has 148 valence electrons. The van der Waals surface area contributed by atoms with Crippen molar-refractivity contribution in [3.05, 3.63) is 29.6 Å². The van der Waals surface area contributed by atoms with Crippen LogP contribution in [0.2, 0.25) is 0 Å². The molecule has 0 bridgehead atoms. The summed E-state index contributed by atoms with van der Waals surface area (Å²) < 4.78 is 24.5. The van der Waals surface area contributed by atoms with Crippen LogP contribution < -0.4 is 15.4 Å². The summed E-state index contributed by atoms with van der Waals surface area (Å²) in [4.78, 5) is 11.8. The summed E-state index contributed by atoms with van der Waals surface area (Å²) in [5.74, 6) is 0.177. The van der Waals surface area contributed by atoms with Crippen LogP contribution in [0.25, 0.3) is 0 Å². The number of nitrogens with one attached hydrogen (secondary N) is 2. The summed E-state index contributed by atoms with van der Waals surface area (Å²) in [6.07, 6.45) is 0.252. The van der Waals surface area contributed by atoms with Gasteiger partial charge in [-0.3, -0.25) is 0 Å². The molecular weight excluding hydrogens is 339 g/mol. The molecule has 1 aromatic rings. The van der Waals surface area contributed by atoms with Crippen molar-refractivity contribution in [1.82, 2.24) is 10.6 Å². The van der Waals surface area contributed by atoms with Gasteiger partial charge in [0.25, 0.3) is 0 Å². The monoisotopic (exact) mass is 370 g/mol. The number of hydrogen-bond acceptors (Lipinski definition) is 5. The van der Waals surface area contributed by atoms with Crippen molar-refractivity contribution >= 4 is 6.09 Å². The van der Waals surface area contributed by atoms with Gasteiger partial charge in [0, 0.05) is 18.2 Å². The highest BCUT2D eigenvalue weighted by Crippen LogP contribution is 2.20. The summed E-state index contributed by atoms with van der Waals surface area (Å²) in [5, 5.41) is 15.1. The maximum Gasteiger partial charge on any atom is 0.407 e. The van der Waals surface area contributed by atoms with Crippen LogP contribution in [0, 0.1) is 5.82 Å². The lowest BCUT2D eigenvalue weighted by Crippen LogP contribution is -2.40. The van der Waals surface area contributed by atoms with Crippen molar-refractivity contribution in [3.8, 4) is 5.75 Å². The molecule has 3 N–H and O–H groups in total. The molecule has 0 aliphatic rings. The Morgan fingerprint density at radius 2 is 2.04 bits per heavy atom. The number of benzene rings is 1. The number of aliphatic hydroxyl groups is 1. The van der Waals surface area contributed by atoms with Crippen LogP contribution in [0.1, 0.15) is 46.6 Å². The Labute approximate surface area is 155 Å². The fourth-order valence-electron chi connectivity index (χ4n) is 2.18. The van der Waals surface area contributed by atoms with Crippen LogP contribution in [0.3, 0.4) is 0 Å². The zero-order chi connectivity index (χ0) is 19.7. The first kappa shape index (κ1) is 22.2. The molecule has 0 aliphatic carbocycles. The molecular formula is C19H31FN2O4. The van der Waals surface area contributed by atoms with Gasteiger partial charge in [-0.1, -0.05) is 6.92 Å². The van der Waals surface area contributed by atoms with Crippen molar-refractivity contribution in [3.63, 3.8) is 0 Å². The van der Waals surface area contributed by atoms with Crippen molar-refractivity contribution in [1.29, 1.82) is 0 Å². The van der Waals surface area contributed by atoms with Gasteiger partial charge in [-0.15, -0.1) is 0 Å². The van der Waals surface area contributed by atoms with Gasteiger partial charge in [0.05, 0.1) is 12.6 Å². The maximum atomic E-state index is 13.6. The molecule has 7 heteroatoms. The van der Waals surface area contributed by atoms with Gasteiger partial charge < -0.3 is 25.2 Å². The first-order valence-corrected chi connectivity index (χ1v) is 8.89. The SMILES string of the molecule is CC[C@H](CO)NCc1cc(F)ccc1OC[C@@H](C)NC(=O)OC(C)(C)C. The Balaban J connectivity index is 2.61. The smallest absolute Gasteiger partial charge is 0.407 e. The molecule has 1 amide bonds. The predicted molar refractivity (Wildman–Crippen MR) is 98.7 cm³/mol. The molecule has 0 saturated carbocycles. The molecule has 6 nitrogen and oxygen atoms in total. The van der Waals surface area contributed by atoms with E-state index in [1.165, 1.54) is 12.1 Å². The third kappa shape index (κ3) is 8.49. The highest BCUT2D eigenvalue weighted by atomic mass is 19.1. The fourth-order valence-corrected chi connectivity index (χ4v) is 2.18. The normalized spacial score (nSPS) is 13.8. The average Bonchev–Trinajstić information content (AvgIpc) is 2.53. The number of ether oxygens (including phenoxy) is 2. The Hall–Kier alpha value is -1.86. The Morgan fingerprint density at radius 3 is 2.62 bits per heavy atom. The molecule has 0 fully saturated rings. The minimum absolute atomic E-state index is 0.0127. The topological polar surface area (TPSA) is 79.8 Å². The molecule has 1 aromatic carbocycles. The predicted octanol–water partition coefficient (Wildman–Crippen LogP) is 2.98. The zero-order valence-electron chi connectivity index (χ0n) is 16.3. The lowest BCUT2D eigenvalue weighted by Gasteiger charge is -2.22. The van der Waals surface area contributed by atoms with E-state index < -0.39 is 11.7 Å². The molecule has 0 spiro atoms. The first-order chi connectivity index (χ1) is 12.1. The quantitative estimate of drug-likeness (QED) is 0.623. The molecule has 0 aromatic heterocycles. The van der Waals surface area contributed by atoms with Crippen LogP contribution in [-0.4, -0.2) is 42.1 Å². The van der Waals surface area contributed by atoms with Crippen LogP contribution in [0.4, 0.5) is 9.18 Å². The second-order valence-corrected chi connectivity index (χ2v) is 7.28. The van der Waals surface area contributed by atoms with Crippen molar-refractivity contribution in [2.24, 2.45) is 0 Å². The van der Waals surface area contributed by atoms with Crippen LogP contribution in [0.5, 0.6) is 5.75 Å². The number of aliphatic hydroxyl groups excluding tert-OH is 1. The van der Waals surface area contributed by atoms with E-state index in [2.05, 4.69) is 10.6 Å². The van der Waals surface area contributed by atoms with E-state index in [9.17, 15) is 14.3 Å². The number of alkyl carbamates (subject to hydrolysis) is 1. The van der Waals surface area contributed by atoms with E-state index in [1.807, 2.05) is 6.92 Å². The maximum absolute atomic E-state index is 13.6. The van der Waals surface area contributed by atoms with Gasteiger partial charge in [-0.2, -0.15) is 0 Å². The zero-order valence-corrected chi connectivity index (χ0v) is 16.3. The molecule has 0 radical (unpaired) electrons. The van der Waals surface area contributed by atoms with E-state index in [1.54, 1.807) is 33.8 Å². The molecule has 0 unspecified atom stereocenters. The molecule has 1 rings (SSSR count). The number of rotatable bonds is 9. The minimum atomic E-state index is -0.566. The standard InChI is InChI=1S/C19H31FN2O4/c1-6-16(11-23)21-10-14-9-15(20)7-8-17(14)25-12-13(2)22-18(24)26-19(3,4)5/h7-9,13,16,21,23H,6,10-12H2,1-5H3,(H,22,24)/t13-,16-/m1/s1. The summed E-state index contributed by atoms with van der Waals surface area (Å²) in [7, 11) is 0. The van der Waals surface area contributed by atoms with Gasteiger partial charge >= 0.3 is 6.09 Å². The first-order valence-electron chi connectivity index (χ1n) is 8.89. The number of amides is 1. The van der Waals surface area contributed by atoms with Crippen LogP contribution in [-0.2, 0) is 11.3 Å². The largest absolute Gasteiger partial charge is 0.491 e. The van der Waals surface area contributed by atoms with Crippen LogP contribution >= 0.6 is 0 Å². The number of carbonyl (C=O) groups excluding carboxylic acids is 1. The second kappa shape index (κ2) is 10.3. The van der Waals surface area contributed by atoms with Crippen molar-refractivity contribution < 1.29 is 23.8 Å². The van der Waals surface area contributed by atoms with Gasteiger partial charge in [0.1, 0.15) is 23.8 Å².